The summed E-state index contributed by atoms with van der Waals surface area (Å²) in [5, 5.41) is 3.61. The first-order chi connectivity index (χ1) is 9.06. The highest BCUT2D eigenvalue weighted by atomic mass is 14.9. The predicted molar refractivity (Wildman–Crippen MR) is 82.3 cm³/mol. The normalized spacial score (nSPS) is 12.4. The van der Waals surface area contributed by atoms with Gasteiger partial charge in [-0.3, -0.25) is 0 Å². The lowest BCUT2D eigenvalue weighted by Gasteiger charge is -2.17. The summed E-state index contributed by atoms with van der Waals surface area (Å²) in [7, 11) is 0. The van der Waals surface area contributed by atoms with Crippen LogP contribution in [0.1, 0.15) is 40.8 Å². The first kappa shape index (κ1) is 13.8. The maximum Gasteiger partial charge on any atom is 0.0297 e. The summed E-state index contributed by atoms with van der Waals surface area (Å²) in [6, 6.07) is 15.7. The molecule has 0 unspecified atom stereocenters. The first-order valence-electron chi connectivity index (χ1n) is 6.92. The van der Waals surface area contributed by atoms with E-state index in [1.807, 2.05) is 0 Å². The van der Waals surface area contributed by atoms with E-state index in [1.54, 1.807) is 0 Å². The Bertz CT molecular complexity index is 537. The van der Waals surface area contributed by atoms with Gasteiger partial charge in [-0.15, -0.1) is 0 Å². The minimum Gasteiger partial charge on any atom is -0.306 e. The molecule has 1 nitrogen and oxygen atoms in total. The van der Waals surface area contributed by atoms with Crippen LogP contribution in [0.15, 0.2) is 42.5 Å². The lowest BCUT2D eigenvalue weighted by Crippen LogP contribution is -2.19. The molecule has 1 heteroatoms. The van der Waals surface area contributed by atoms with Crippen molar-refractivity contribution in [1.29, 1.82) is 0 Å². The van der Waals surface area contributed by atoms with Gasteiger partial charge in [-0.05, 0) is 44.4 Å². The molecule has 1 atom stereocenters. The standard InChI is InChI=1S/C18H23N/c1-13-9-14(2)11-17(10-13)12-19-16(4)18-8-6-5-7-15(18)3/h5-11,16,19H,12H2,1-4H3/t16-/m0/s1. The Morgan fingerprint density at radius 2 is 1.58 bits per heavy atom. The molecule has 2 rings (SSSR count). The third-order valence-corrected chi connectivity index (χ3v) is 3.55. The van der Waals surface area contributed by atoms with Crippen molar-refractivity contribution in [3.63, 3.8) is 0 Å². The van der Waals surface area contributed by atoms with E-state index in [-0.39, 0.29) is 0 Å². The van der Waals surface area contributed by atoms with Gasteiger partial charge >= 0.3 is 0 Å². The van der Waals surface area contributed by atoms with Crippen molar-refractivity contribution < 1.29 is 0 Å². The number of hydrogen-bond donors (Lipinski definition) is 1. The molecule has 19 heavy (non-hydrogen) atoms. The Labute approximate surface area is 116 Å². The highest BCUT2D eigenvalue weighted by Gasteiger charge is 2.07. The summed E-state index contributed by atoms with van der Waals surface area (Å²) in [5.41, 5.74) is 6.76. The lowest BCUT2D eigenvalue weighted by molar-refractivity contribution is 0.572. The van der Waals surface area contributed by atoms with Crippen molar-refractivity contribution in [3.8, 4) is 0 Å². The average molecular weight is 253 g/mol. The number of aryl methyl sites for hydroxylation is 3. The summed E-state index contributed by atoms with van der Waals surface area (Å²) in [6.07, 6.45) is 0. The van der Waals surface area contributed by atoms with Crippen LogP contribution < -0.4 is 5.32 Å². The molecule has 0 spiro atoms. The molecule has 0 bridgehead atoms. The van der Waals surface area contributed by atoms with Crippen molar-refractivity contribution >= 4 is 0 Å². The molecule has 0 fully saturated rings. The molecule has 0 radical (unpaired) electrons. The van der Waals surface area contributed by atoms with Crippen molar-refractivity contribution in [3.05, 3.63) is 70.3 Å². The van der Waals surface area contributed by atoms with Crippen molar-refractivity contribution in [1.82, 2.24) is 5.32 Å². The van der Waals surface area contributed by atoms with Crippen LogP contribution in [0.25, 0.3) is 0 Å². The van der Waals surface area contributed by atoms with Gasteiger partial charge in [0.15, 0.2) is 0 Å². The van der Waals surface area contributed by atoms with Crippen LogP contribution in [0.3, 0.4) is 0 Å². The predicted octanol–water partition coefficient (Wildman–Crippen LogP) is 4.46. The van der Waals surface area contributed by atoms with E-state index in [0.717, 1.165) is 6.54 Å². The molecule has 0 saturated heterocycles. The van der Waals surface area contributed by atoms with Crippen LogP contribution in [0, 0.1) is 20.8 Å². The minimum atomic E-state index is 0.377. The Morgan fingerprint density at radius 1 is 0.947 bits per heavy atom. The molecular weight excluding hydrogens is 230 g/mol. The summed E-state index contributed by atoms with van der Waals surface area (Å²) < 4.78 is 0. The van der Waals surface area contributed by atoms with E-state index < -0.39 is 0 Å². The third-order valence-electron chi connectivity index (χ3n) is 3.55. The molecule has 0 aromatic heterocycles. The Hall–Kier alpha value is -1.60. The molecular formula is C18H23N. The van der Waals surface area contributed by atoms with Crippen molar-refractivity contribution in [2.75, 3.05) is 0 Å². The number of hydrogen-bond acceptors (Lipinski definition) is 1. The van der Waals surface area contributed by atoms with Gasteiger partial charge in [0.1, 0.15) is 0 Å². The van der Waals surface area contributed by atoms with E-state index in [2.05, 4.69) is 75.5 Å². The summed E-state index contributed by atoms with van der Waals surface area (Å²) in [4.78, 5) is 0. The van der Waals surface area contributed by atoms with Crippen LogP contribution in [0.4, 0.5) is 0 Å². The van der Waals surface area contributed by atoms with Crippen molar-refractivity contribution in [2.24, 2.45) is 0 Å². The first-order valence-corrected chi connectivity index (χ1v) is 6.92. The average Bonchev–Trinajstić information content (AvgIpc) is 2.35. The molecule has 0 saturated carbocycles. The fraction of sp³-hybridized carbons (Fsp3) is 0.333. The molecule has 2 aromatic rings. The van der Waals surface area contributed by atoms with E-state index >= 15 is 0 Å². The summed E-state index contributed by atoms with van der Waals surface area (Å²) in [6.45, 7) is 9.62. The van der Waals surface area contributed by atoms with Crippen LogP contribution >= 0.6 is 0 Å². The van der Waals surface area contributed by atoms with Gasteiger partial charge in [-0.1, -0.05) is 53.6 Å². The topological polar surface area (TPSA) is 12.0 Å². The van der Waals surface area contributed by atoms with Gasteiger partial charge in [0.25, 0.3) is 0 Å². The number of nitrogens with one attached hydrogen (secondary N) is 1. The molecule has 0 aliphatic heterocycles. The summed E-state index contributed by atoms with van der Waals surface area (Å²) >= 11 is 0. The van der Waals surface area contributed by atoms with Gasteiger partial charge in [0.05, 0.1) is 0 Å². The minimum absolute atomic E-state index is 0.377. The fourth-order valence-corrected chi connectivity index (χ4v) is 2.62. The Morgan fingerprint density at radius 3 is 2.21 bits per heavy atom. The van der Waals surface area contributed by atoms with E-state index in [9.17, 15) is 0 Å². The molecule has 1 N–H and O–H groups in total. The Kier molecular flexibility index (Phi) is 4.39. The third kappa shape index (κ3) is 3.68. The van der Waals surface area contributed by atoms with Gasteiger partial charge in [-0.2, -0.15) is 0 Å². The number of rotatable bonds is 4. The summed E-state index contributed by atoms with van der Waals surface area (Å²) in [5.74, 6) is 0. The highest BCUT2D eigenvalue weighted by Crippen LogP contribution is 2.17. The SMILES string of the molecule is Cc1cc(C)cc(CN[C@@H](C)c2ccccc2C)c1. The van der Waals surface area contributed by atoms with Gasteiger partial charge in [-0.25, -0.2) is 0 Å². The second kappa shape index (κ2) is 6.03. The monoisotopic (exact) mass is 253 g/mol. The molecule has 2 aromatic carbocycles. The number of benzene rings is 2. The van der Waals surface area contributed by atoms with Gasteiger partial charge < -0.3 is 5.32 Å². The second-order valence-electron chi connectivity index (χ2n) is 5.46. The molecule has 0 amide bonds. The van der Waals surface area contributed by atoms with Gasteiger partial charge in [0, 0.05) is 12.6 Å². The zero-order valence-electron chi connectivity index (χ0n) is 12.3. The fourth-order valence-electron chi connectivity index (χ4n) is 2.62. The van der Waals surface area contributed by atoms with E-state index in [0.29, 0.717) is 6.04 Å². The van der Waals surface area contributed by atoms with Gasteiger partial charge in [0.2, 0.25) is 0 Å². The largest absolute Gasteiger partial charge is 0.306 e. The highest BCUT2D eigenvalue weighted by molar-refractivity contribution is 5.30. The van der Waals surface area contributed by atoms with Crippen LogP contribution in [0.5, 0.6) is 0 Å². The zero-order chi connectivity index (χ0) is 13.8. The smallest absolute Gasteiger partial charge is 0.0297 e. The van der Waals surface area contributed by atoms with E-state index in [4.69, 9.17) is 0 Å². The lowest BCUT2D eigenvalue weighted by atomic mass is 10.0. The van der Waals surface area contributed by atoms with E-state index in [1.165, 1.54) is 27.8 Å². The van der Waals surface area contributed by atoms with Crippen LogP contribution in [0.2, 0.25) is 0 Å². The molecule has 0 heterocycles. The second-order valence-corrected chi connectivity index (χ2v) is 5.46. The molecule has 100 valence electrons. The Balaban J connectivity index is 2.04. The molecule has 0 aliphatic carbocycles. The quantitative estimate of drug-likeness (QED) is 0.848. The van der Waals surface area contributed by atoms with Crippen LogP contribution in [-0.2, 0) is 6.54 Å². The maximum atomic E-state index is 3.61. The van der Waals surface area contributed by atoms with Crippen LogP contribution in [-0.4, -0.2) is 0 Å². The zero-order valence-corrected chi connectivity index (χ0v) is 12.3. The maximum absolute atomic E-state index is 3.61. The molecule has 0 aliphatic rings. The van der Waals surface area contributed by atoms with Crippen molar-refractivity contribution in [2.45, 2.75) is 40.3 Å².